The van der Waals surface area contributed by atoms with E-state index in [9.17, 15) is 44.7 Å². The molecule has 4 aliphatic rings. The molecular weight excluding hydrogens is 869 g/mol. The highest BCUT2D eigenvalue weighted by Crippen LogP contribution is 2.47. The Kier molecular flexibility index (Phi) is 16.1. The lowest BCUT2D eigenvalue weighted by atomic mass is 9.91. The Labute approximate surface area is 388 Å². The Morgan fingerprint density at radius 1 is 0.896 bits per heavy atom. The van der Waals surface area contributed by atoms with Gasteiger partial charge in [-0.2, -0.15) is 0 Å². The van der Waals surface area contributed by atoms with Crippen molar-refractivity contribution in [3.8, 4) is 0 Å². The fourth-order valence-corrected chi connectivity index (χ4v) is 8.80. The number of fused-ring (bicyclic) bond motifs is 1. The van der Waals surface area contributed by atoms with E-state index in [2.05, 4.69) is 5.32 Å². The van der Waals surface area contributed by atoms with Crippen molar-refractivity contribution in [2.45, 2.75) is 125 Å². The van der Waals surface area contributed by atoms with Crippen LogP contribution >= 0.6 is 0 Å². The predicted octanol–water partition coefficient (Wildman–Crippen LogP) is 2.65. The molecule has 2 amide bonds. The number of carbonyl (C=O) groups is 4. The highest BCUT2D eigenvalue weighted by atomic mass is 16.8. The number of carbonyl (C=O) groups excluding carboxylic acids is 4. The third kappa shape index (κ3) is 11.5. The number of hydrogen-bond acceptors (Lipinski definition) is 15. The van der Waals surface area contributed by atoms with Gasteiger partial charge in [-0.15, -0.1) is 0 Å². The van der Waals surface area contributed by atoms with Crippen molar-refractivity contribution in [1.29, 1.82) is 0 Å². The van der Waals surface area contributed by atoms with Crippen molar-refractivity contribution in [2.24, 2.45) is 0 Å². The molecule has 0 unspecified atom stereocenters. The molecule has 3 heterocycles. The van der Waals surface area contributed by atoms with Crippen molar-refractivity contribution in [2.75, 3.05) is 26.4 Å². The van der Waals surface area contributed by atoms with Crippen LogP contribution in [0.25, 0.3) is 6.08 Å². The van der Waals surface area contributed by atoms with Gasteiger partial charge < -0.3 is 64.2 Å². The van der Waals surface area contributed by atoms with Crippen LogP contribution in [0.5, 0.6) is 0 Å². The van der Waals surface area contributed by atoms with Crippen molar-refractivity contribution in [3.05, 3.63) is 125 Å². The molecule has 3 saturated heterocycles. The summed E-state index contributed by atoms with van der Waals surface area (Å²) in [6.45, 7) is 4.34. The SMILES string of the molecule is CC(C)(C)OC(=O)CC[C@@H](CO)NC(=O)[C@H]1CCCN1C(=O)C1=C[C@H]2OC(c3ccccc3)(c3ccccc3)O[C@H]2[C@H](OC(=O)c2ccccc2C=CCO[C@H]2O[C@H](CO)[C@H](O)[C@H](O)[C@H]2O)C1. The maximum atomic E-state index is 14.7. The average molecular weight is 929 g/mol. The van der Waals surface area contributed by atoms with Crippen LogP contribution in [0.2, 0.25) is 0 Å². The van der Waals surface area contributed by atoms with E-state index in [0.29, 0.717) is 29.5 Å². The van der Waals surface area contributed by atoms with Gasteiger partial charge in [-0.1, -0.05) is 91.0 Å². The lowest BCUT2D eigenvalue weighted by Gasteiger charge is -2.39. The molecule has 3 fully saturated rings. The van der Waals surface area contributed by atoms with Crippen LogP contribution in [0.4, 0.5) is 0 Å². The van der Waals surface area contributed by atoms with E-state index >= 15 is 0 Å². The molecule has 0 aromatic heterocycles. The average Bonchev–Trinajstić information content (AvgIpc) is 3.99. The quantitative estimate of drug-likeness (QED) is 0.113. The fraction of sp³-hybridized carbons (Fsp3) is 0.480. The summed E-state index contributed by atoms with van der Waals surface area (Å²) in [4.78, 5) is 56.6. The molecule has 10 atom stereocenters. The lowest BCUT2D eigenvalue weighted by molar-refractivity contribution is -0.298. The monoisotopic (exact) mass is 928 g/mol. The Morgan fingerprint density at radius 2 is 1.57 bits per heavy atom. The number of amides is 2. The summed E-state index contributed by atoms with van der Waals surface area (Å²) in [7, 11) is 0. The molecule has 3 aliphatic heterocycles. The van der Waals surface area contributed by atoms with Crippen LogP contribution in [-0.2, 0) is 48.6 Å². The van der Waals surface area contributed by atoms with E-state index in [4.69, 9.17) is 28.4 Å². The summed E-state index contributed by atoms with van der Waals surface area (Å²) in [5.41, 5.74) is 1.51. The maximum absolute atomic E-state index is 14.7. The Morgan fingerprint density at radius 3 is 2.22 bits per heavy atom. The van der Waals surface area contributed by atoms with Crippen LogP contribution < -0.4 is 5.32 Å². The minimum Gasteiger partial charge on any atom is -0.460 e. The van der Waals surface area contributed by atoms with Gasteiger partial charge in [-0.3, -0.25) is 14.4 Å². The summed E-state index contributed by atoms with van der Waals surface area (Å²) >= 11 is 0. The number of esters is 2. The van der Waals surface area contributed by atoms with E-state index in [0.717, 1.165) is 0 Å². The molecule has 0 spiro atoms. The number of nitrogens with one attached hydrogen (secondary N) is 1. The van der Waals surface area contributed by atoms with Gasteiger partial charge in [0.1, 0.15) is 54.4 Å². The molecule has 17 heteroatoms. The summed E-state index contributed by atoms with van der Waals surface area (Å²) in [6, 6.07) is 23.6. The summed E-state index contributed by atoms with van der Waals surface area (Å²) in [5.74, 6) is -3.57. The van der Waals surface area contributed by atoms with Crippen LogP contribution in [0, 0.1) is 0 Å². The van der Waals surface area contributed by atoms with Gasteiger partial charge in [0.05, 0.1) is 31.4 Å². The van der Waals surface area contributed by atoms with E-state index in [1.54, 1.807) is 63.3 Å². The molecule has 0 saturated carbocycles. The normalized spacial score (nSPS) is 27.5. The molecule has 360 valence electrons. The molecule has 7 rings (SSSR count). The van der Waals surface area contributed by atoms with Gasteiger partial charge in [0, 0.05) is 36.1 Å². The molecule has 1 aliphatic carbocycles. The van der Waals surface area contributed by atoms with Crippen LogP contribution in [-0.4, -0.2) is 147 Å². The first-order chi connectivity index (χ1) is 32.1. The molecular formula is C50H60N2O15. The van der Waals surface area contributed by atoms with E-state index in [1.165, 1.54) is 4.90 Å². The Balaban J connectivity index is 1.12. The zero-order chi connectivity index (χ0) is 47.9. The van der Waals surface area contributed by atoms with Gasteiger partial charge in [0.2, 0.25) is 17.6 Å². The summed E-state index contributed by atoms with van der Waals surface area (Å²) in [6.07, 6.45) is -4.33. The molecule has 6 N–H and O–H groups in total. The summed E-state index contributed by atoms with van der Waals surface area (Å²) in [5, 5.41) is 53.1. The second kappa shape index (κ2) is 21.7. The smallest absolute Gasteiger partial charge is 0.339 e. The largest absolute Gasteiger partial charge is 0.460 e. The molecule has 17 nitrogen and oxygen atoms in total. The van der Waals surface area contributed by atoms with E-state index < -0.39 is 109 Å². The number of likely N-dealkylation sites (tertiary alicyclic amines) is 1. The van der Waals surface area contributed by atoms with Crippen LogP contribution in [0.3, 0.4) is 0 Å². The van der Waals surface area contributed by atoms with E-state index in [1.807, 2.05) is 60.7 Å². The Bertz CT molecular complexity index is 2210. The molecule has 0 bridgehead atoms. The number of aliphatic hydroxyl groups is 5. The first kappa shape index (κ1) is 49.6. The van der Waals surface area contributed by atoms with Gasteiger partial charge in [-0.05, 0) is 57.7 Å². The number of nitrogens with zero attached hydrogens (tertiary/aromatic N) is 1. The second-order valence-electron chi connectivity index (χ2n) is 18.0. The maximum Gasteiger partial charge on any atom is 0.339 e. The van der Waals surface area contributed by atoms with Gasteiger partial charge in [-0.25, -0.2) is 4.79 Å². The number of hydrogen-bond donors (Lipinski definition) is 6. The predicted molar refractivity (Wildman–Crippen MR) is 239 cm³/mol. The van der Waals surface area contributed by atoms with E-state index in [-0.39, 0.29) is 43.6 Å². The lowest BCUT2D eigenvalue weighted by Crippen LogP contribution is -2.59. The first-order valence-corrected chi connectivity index (χ1v) is 22.6. The fourth-order valence-electron chi connectivity index (χ4n) is 8.80. The number of rotatable bonds is 16. The van der Waals surface area contributed by atoms with Gasteiger partial charge >= 0.3 is 11.9 Å². The van der Waals surface area contributed by atoms with Crippen molar-refractivity contribution < 1.29 is 73.1 Å². The molecule has 67 heavy (non-hydrogen) atoms. The van der Waals surface area contributed by atoms with Crippen molar-refractivity contribution in [3.63, 3.8) is 0 Å². The highest BCUT2D eigenvalue weighted by Gasteiger charge is 2.55. The number of ether oxygens (including phenoxy) is 6. The summed E-state index contributed by atoms with van der Waals surface area (Å²) < 4.78 is 36.5. The zero-order valence-corrected chi connectivity index (χ0v) is 37.7. The number of aliphatic hydroxyl groups excluding tert-OH is 5. The molecule has 0 radical (unpaired) electrons. The zero-order valence-electron chi connectivity index (χ0n) is 37.7. The van der Waals surface area contributed by atoms with Crippen molar-refractivity contribution in [1.82, 2.24) is 10.2 Å². The highest BCUT2D eigenvalue weighted by molar-refractivity contribution is 5.98. The molecule has 3 aromatic carbocycles. The third-order valence-electron chi connectivity index (χ3n) is 12.1. The van der Waals surface area contributed by atoms with Crippen molar-refractivity contribution >= 4 is 29.8 Å². The Hall–Kier alpha value is -5.34. The minimum absolute atomic E-state index is 0.0259. The van der Waals surface area contributed by atoms with Gasteiger partial charge in [0.15, 0.2) is 6.29 Å². The van der Waals surface area contributed by atoms with Gasteiger partial charge in [0.25, 0.3) is 0 Å². The second-order valence-corrected chi connectivity index (χ2v) is 18.0. The van der Waals surface area contributed by atoms with Crippen LogP contribution in [0.15, 0.2) is 103 Å². The number of benzene rings is 3. The first-order valence-electron chi connectivity index (χ1n) is 22.6. The van der Waals surface area contributed by atoms with Crippen LogP contribution in [0.1, 0.15) is 79.9 Å². The standard InChI is InChI=1S/C50H60N2O15/c1-49(2,3)66-40(55)23-22-34(28-53)51-45(59)36-21-12-24-52(36)46(60)31-26-37(44-38(27-31)65-50(67-44,32-16-6-4-7-17-32)33-18-8-5-9-19-33)63-47(61)35-20-11-10-14-30(35)15-13-25-62-48-43(58)42(57)41(56)39(29-54)64-48/h4-11,13-20,27,34,36-39,41-44,48,53-54,56-58H,12,21-26,28-29H2,1-3H3,(H,51,59)/t34-,36+,37+,38+,39+,41-,42-,43+,44-,48-/m0/s1. The topological polar surface area (TPSA) is 240 Å². The minimum atomic E-state index is -1.61. The molecule has 3 aromatic rings. The third-order valence-corrected chi connectivity index (χ3v) is 12.1.